The van der Waals surface area contributed by atoms with Crippen LogP contribution in [0.5, 0.6) is 0 Å². The molecule has 3 nitrogen and oxygen atoms in total. The van der Waals surface area contributed by atoms with Crippen molar-refractivity contribution in [2.24, 2.45) is 0 Å². The van der Waals surface area contributed by atoms with Gasteiger partial charge in [0.2, 0.25) is 0 Å². The lowest BCUT2D eigenvalue weighted by Gasteiger charge is -2.25. The van der Waals surface area contributed by atoms with Crippen LogP contribution in [0.25, 0.3) is 0 Å². The quantitative estimate of drug-likeness (QED) is 0.578. The summed E-state index contributed by atoms with van der Waals surface area (Å²) in [5, 5.41) is 13.3. The predicted molar refractivity (Wildman–Crippen MR) is 61.6 cm³/mol. The number of rotatable bonds is 8. The van der Waals surface area contributed by atoms with E-state index in [4.69, 9.17) is 0 Å². The van der Waals surface area contributed by atoms with Crippen molar-refractivity contribution < 1.29 is 5.11 Å². The molecule has 3 heteroatoms. The molecule has 0 aliphatic rings. The van der Waals surface area contributed by atoms with Gasteiger partial charge in [-0.25, -0.2) is 0 Å². The molecule has 14 heavy (non-hydrogen) atoms. The molecule has 0 bridgehead atoms. The summed E-state index contributed by atoms with van der Waals surface area (Å²) in [6.07, 6.45) is 2.78. The molecule has 2 N–H and O–H groups in total. The van der Waals surface area contributed by atoms with E-state index in [-0.39, 0.29) is 0 Å². The number of nitrogens with zero attached hydrogens (tertiary/aromatic N) is 1. The van der Waals surface area contributed by atoms with Gasteiger partial charge in [0.1, 0.15) is 0 Å². The monoisotopic (exact) mass is 202 g/mol. The topological polar surface area (TPSA) is 35.5 Å². The van der Waals surface area contributed by atoms with Crippen molar-refractivity contribution in [3.8, 4) is 0 Å². The van der Waals surface area contributed by atoms with Crippen LogP contribution in [-0.2, 0) is 0 Å². The molecule has 0 fully saturated rings. The maximum Gasteiger partial charge on any atom is 0.0766 e. The molecule has 0 unspecified atom stereocenters. The normalized spacial score (nSPS) is 12.4. The van der Waals surface area contributed by atoms with Crippen molar-refractivity contribution in [3.63, 3.8) is 0 Å². The van der Waals surface area contributed by atoms with Gasteiger partial charge in [-0.2, -0.15) is 0 Å². The predicted octanol–water partition coefficient (Wildman–Crippen LogP) is 1.08. The molecule has 0 rings (SSSR count). The Kier molecular flexibility index (Phi) is 7.15. The molecule has 0 atom stereocenters. The van der Waals surface area contributed by atoms with Crippen molar-refractivity contribution >= 4 is 0 Å². The van der Waals surface area contributed by atoms with Crippen molar-refractivity contribution in [2.75, 3.05) is 33.7 Å². The molecule has 0 aromatic heterocycles. The van der Waals surface area contributed by atoms with Crippen LogP contribution in [0, 0.1) is 0 Å². The fraction of sp³-hybridized carbons (Fsp3) is 1.00. The van der Waals surface area contributed by atoms with Crippen LogP contribution < -0.4 is 5.32 Å². The lowest BCUT2D eigenvalue weighted by molar-refractivity contribution is 0.0326. The van der Waals surface area contributed by atoms with Crippen molar-refractivity contribution in [1.29, 1.82) is 0 Å². The summed E-state index contributed by atoms with van der Waals surface area (Å²) >= 11 is 0. The molecule has 0 saturated carbocycles. The van der Waals surface area contributed by atoms with E-state index in [0.29, 0.717) is 6.54 Å². The first-order valence-electron chi connectivity index (χ1n) is 5.62. The minimum atomic E-state index is -0.502. The van der Waals surface area contributed by atoms with Crippen LogP contribution in [0.3, 0.4) is 0 Å². The Labute approximate surface area is 88.5 Å². The number of hydrogen-bond acceptors (Lipinski definition) is 3. The molecular formula is C11H26N2O. The fourth-order valence-electron chi connectivity index (χ4n) is 1.34. The van der Waals surface area contributed by atoms with Gasteiger partial charge in [-0.1, -0.05) is 13.8 Å². The summed E-state index contributed by atoms with van der Waals surface area (Å²) < 4.78 is 0. The highest BCUT2D eigenvalue weighted by molar-refractivity contribution is 4.77. The van der Waals surface area contributed by atoms with Gasteiger partial charge in [0.05, 0.1) is 5.60 Å². The zero-order valence-corrected chi connectivity index (χ0v) is 10.1. The zero-order valence-electron chi connectivity index (χ0n) is 10.1. The largest absolute Gasteiger partial charge is 0.389 e. The molecule has 86 valence electrons. The van der Waals surface area contributed by atoms with E-state index in [0.717, 1.165) is 32.4 Å². The summed E-state index contributed by atoms with van der Waals surface area (Å²) in [5.74, 6) is 0. The van der Waals surface area contributed by atoms with E-state index < -0.39 is 5.60 Å². The van der Waals surface area contributed by atoms with Crippen LogP contribution in [0.1, 0.15) is 33.1 Å². The average molecular weight is 202 g/mol. The maximum atomic E-state index is 9.96. The second-order valence-corrected chi connectivity index (χ2v) is 4.27. The molecule has 0 saturated heterocycles. The summed E-state index contributed by atoms with van der Waals surface area (Å²) in [4.78, 5) is 2.17. The molecular weight excluding hydrogens is 176 g/mol. The van der Waals surface area contributed by atoms with Gasteiger partial charge in [-0.05, 0) is 46.4 Å². The smallest absolute Gasteiger partial charge is 0.0766 e. The van der Waals surface area contributed by atoms with Gasteiger partial charge in [-0.15, -0.1) is 0 Å². The minimum Gasteiger partial charge on any atom is -0.389 e. The molecule has 0 aromatic rings. The lowest BCUT2D eigenvalue weighted by Crippen LogP contribution is -2.40. The second kappa shape index (κ2) is 7.21. The van der Waals surface area contributed by atoms with E-state index in [9.17, 15) is 5.11 Å². The first-order chi connectivity index (χ1) is 6.54. The van der Waals surface area contributed by atoms with E-state index in [1.54, 1.807) is 0 Å². The lowest BCUT2D eigenvalue weighted by atomic mass is 9.98. The van der Waals surface area contributed by atoms with Crippen molar-refractivity contribution in [3.05, 3.63) is 0 Å². The SMILES string of the molecule is CCC(O)(CC)CNCCCN(C)C. The molecule has 0 amide bonds. The molecule has 0 aliphatic heterocycles. The number of nitrogens with one attached hydrogen (secondary N) is 1. The van der Waals surface area contributed by atoms with Gasteiger partial charge < -0.3 is 15.3 Å². The standard InChI is InChI=1S/C11H26N2O/c1-5-11(14,6-2)10-12-8-7-9-13(3)4/h12,14H,5-10H2,1-4H3. The van der Waals surface area contributed by atoms with Gasteiger partial charge in [0.15, 0.2) is 0 Å². The Hall–Kier alpha value is -0.120. The second-order valence-electron chi connectivity index (χ2n) is 4.27. The summed E-state index contributed by atoms with van der Waals surface area (Å²) in [6, 6.07) is 0. The molecule has 0 heterocycles. The number of hydrogen-bond donors (Lipinski definition) is 2. The summed E-state index contributed by atoms with van der Waals surface area (Å²) in [5.41, 5.74) is -0.502. The Morgan fingerprint density at radius 3 is 2.21 bits per heavy atom. The van der Waals surface area contributed by atoms with Gasteiger partial charge in [0, 0.05) is 6.54 Å². The highest BCUT2D eigenvalue weighted by Crippen LogP contribution is 2.12. The third kappa shape index (κ3) is 6.35. The van der Waals surface area contributed by atoms with Gasteiger partial charge in [0.25, 0.3) is 0 Å². The molecule has 0 aliphatic carbocycles. The van der Waals surface area contributed by atoms with Gasteiger partial charge in [-0.3, -0.25) is 0 Å². The first-order valence-corrected chi connectivity index (χ1v) is 5.62. The molecule has 0 spiro atoms. The minimum absolute atomic E-state index is 0.502. The fourth-order valence-corrected chi connectivity index (χ4v) is 1.34. The maximum absolute atomic E-state index is 9.96. The third-order valence-electron chi connectivity index (χ3n) is 2.73. The van der Waals surface area contributed by atoms with Crippen LogP contribution >= 0.6 is 0 Å². The average Bonchev–Trinajstić information content (AvgIpc) is 2.16. The Morgan fingerprint density at radius 1 is 1.21 bits per heavy atom. The van der Waals surface area contributed by atoms with E-state index in [2.05, 4.69) is 24.3 Å². The van der Waals surface area contributed by atoms with Crippen LogP contribution in [-0.4, -0.2) is 49.3 Å². The molecule has 0 radical (unpaired) electrons. The third-order valence-corrected chi connectivity index (χ3v) is 2.73. The Morgan fingerprint density at radius 2 is 1.79 bits per heavy atom. The first kappa shape index (κ1) is 13.9. The Balaban J connectivity index is 3.43. The Bertz CT molecular complexity index is 133. The highest BCUT2D eigenvalue weighted by Gasteiger charge is 2.20. The highest BCUT2D eigenvalue weighted by atomic mass is 16.3. The summed E-state index contributed by atoms with van der Waals surface area (Å²) in [6.45, 7) is 6.87. The molecule has 0 aromatic carbocycles. The number of aliphatic hydroxyl groups is 1. The van der Waals surface area contributed by atoms with E-state index in [1.807, 2.05) is 13.8 Å². The van der Waals surface area contributed by atoms with Gasteiger partial charge >= 0.3 is 0 Å². The van der Waals surface area contributed by atoms with Crippen molar-refractivity contribution in [2.45, 2.75) is 38.7 Å². The van der Waals surface area contributed by atoms with E-state index >= 15 is 0 Å². The summed E-state index contributed by atoms with van der Waals surface area (Å²) in [7, 11) is 4.16. The zero-order chi connectivity index (χ0) is 11.0. The van der Waals surface area contributed by atoms with Crippen LogP contribution in [0.15, 0.2) is 0 Å². The van der Waals surface area contributed by atoms with Crippen LogP contribution in [0.2, 0.25) is 0 Å². The van der Waals surface area contributed by atoms with Crippen molar-refractivity contribution in [1.82, 2.24) is 10.2 Å². The van der Waals surface area contributed by atoms with Crippen LogP contribution in [0.4, 0.5) is 0 Å². The van der Waals surface area contributed by atoms with E-state index in [1.165, 1.54) is 0 Å².